The fourth-order valence-electron chi connectivity index (χ4n) is 4.28. The summed E-state index contributed by atoms with van der Waals surface area (Å²) in [5, 5.41) is 3.61. The Labute approximate surface area is 244 Å². The first-order chi connectivity index (χ1) is 20.7. The molecule has 3 aromatic rings. The molecule has 3 aromatic carbocycles. The van der Waals surface area contributed by atoms with Crippen molar-refractivity contribution >= 4 is 6.03 Å². The lowest BCUT2D eigenvalue weighted by Gasteiger charge is -2.38. The van der Waals surface area contributed by atoms with Gasteiger partial charge in [0.25, 0.3) is 0 Å². The van der Waals surface area contributed by atoms with Gasteiger partial charge in [0.15, 0.2) is 11.5 Å². The van der Waals surface area contributed by atoms with Crippen LogP contribution >= 0.6 is 0 Å². The van der Waals surface area contributed by atoms with E-state index in [1.807, 2.05) is 0 Å². The van der Waals surface area contributed by atoms with Crippen molar-refractivity contribution in [2.24, 2.45) is 0 Å². The third kappa shape index (κ3) is 7.42. The molecule has 0 saturated carbocycles. The third-order valence-corrected chi connectivity index (χ3v) is 6.21. The lowest BCUT2D eigenvalue weighted by molar-refractivity contribution is -0.391. The van der Waals surface area contributed by atoms with Crippen molar-refractivity contribution in [1.82, 2.24) is 10.6 Å². The number of amides is 2. The van der Waals surface area contributed by atoms with E-state index in [-0.39, 0.29) is 11.6 Å². The van der Waals surface area contributed by atoms with Crippen molar-refractivity contribution in [2.45, 2.75) is 42.9 Å². The van der Waals surface area contributed by atoms with Gasteiger partial charge in [-0.3, -0.25) is 0 Å². The van der Waals surface area contributed by atoms with E-state index in [1.165, 1.54) is 35.6 Å². The maximum Gasteiger partial charge on any atom is 0.507 e. The minimum absolute atomic E-state index is 0.199. The first kappa shape index (κ1) is 33.4. The number of hydrogen-bond acceptors (Lipinski definition) is 4. The van der Waals surface area contributed by atoms with Crippen LogP contribution in [0.15, 0.2) is 66.7 Å². The summed E-state index contributed by atoms with van der Waals surface area (Å²) >= 11 is 0. The largest absolute Gasteiger partial charge is 0.507 e. The highest BCUT2D eigenvalue weighted by Gasteiger charge is 2.66. The molecule has 0 radical (unpaired) electrons. The number of rotatable bonds is 9. The fraction of sp³-hybridized carbons (Fsp3) is 0.296. The molecule has 0 fully saturated rings. The first-order valence-corrected chi connectivity index (χ1v) is 12.3. The molecule has 0 saturated heterocycles. The van der Waals surface area contributed by atoms with Gasteiger partial charge in [-0.05, 0) is 41.0 Å². The zero-order valence-corrected chi connectivity index (χ0v) is 22.0. The van der Waals surface area contributed by atoms with Crippen LogP contribution < -0.4 is 24.8 Å². The number of halogens is 12. The molecule has 1 atom stereocenters. The van der Waals surface area contributed by atoms with Crippen LogP contribution in [0, 0.1) is 5.82 Å². The van der Waals surface area contributed by atoms with Crippen molar-refractivity contribution in [3.63, 3.8) is 0 Å². The van der Waals surface area contributed by atoms with Gasteiger partial charge in [0.1, 0.15) is 18.1 Å². The molecule has 0 aromatic heterocycles. The molecule has 6 nitrogen and oxygen atoms in total. The van der Waals surface area contributed by atoms with Crippen molar-refractivity contribution in [3.8, 4) is 17.2 Å². The minimum Gasteiger partial charge on any atom is -0.428 e. The Bertz CT molecular complexity index is 1540. The number of carbonyl (C=O) groups excluding carboxylic acids is 1. The van der Waals surface area contributed by atoms with Gasteiger partial charge in [-0.1, -0.05) is 36.4 Å². The van der Waals surface area contributed by atoms with E-state index in [9.17, 15) is 57.5 Å². The van der Waals surface area contributed by atoms with E-state index in [4.69, 9.17) is 0 Å². The second-order valence-corrected chi connectivity index (χ2v) is 9.53. The maximum atomic E-state index is 14.9. The zero-order valence-electron chi connectivity index (χ0n) is 22.0. The molecule has 0 bridgehead atoms. The summed E-state index contributed by atoms with van der Waals surface area (Å²) in [6.45, 7) is -1.92. The normalized spacial score (nSPS) is 16.9. The summed E-state index contributed by atoms with van der Waals surface area (Å²) in [5.74, 6) is -4.71. The minimum atomic E-state index is -5.25. The number of hydrogen-bond donors (Lipinski definition) is 2. The van der Waals surface area contributed by atoms with Crippen LogP contribution in [0.1, 0.15) is 16.7 Å². The fourth-order valence-corrected chi connectivity index (χ4v) is 4.28. The molecule has 45 heavy (non-hydrogen) atoms. The van der Waals surface area contributed by atoms with E-state index in [0.29, 0.717) is 24.3 Å². The molecule has 1 unspecified atom stereocenters. The summed E-state index contributed by atoms with van der Waals surface area (Å²) in [5.41, 5.74) is -3.38. The Balaban J connectivity index is 1.96. The van der Waals surface area contributed by atoms with Crippen LogP contribution in [-0.2, 0) is 12.0 Å². The van der Waals surface area contributed by atoms with E-state index >= 15 is 0 Å². The van der Waals surface area contributed by atoms with Crippen molar-refractivity contribution in [2.75, 3.05) is 6.54 Å². The van der Waals surface area contributed by atoms with Crippen LogP contribution in [0.4, 0.5) is 57.5 Å². The molecule has 1 aliphatic rings. The van der Waals surface area contributed by atoms with Crippen LogP contribution in [0.3, 0.4) is 0 Å². The van der Waals surface area contributed by atoms with Gasteiger partial charge < -0.3 is 24.8 Å². The Hall–Kier alpha value is -4.51. The van der Waals surface area contributed by atoms with Gasteiger partial charge in [0, 0.05) is 12.5 Å². The van der Waals surface area contributed by atoms with Crippen molar-refractivity contribution < 1.29 is 71.7 Å². The molecule has 2 amide bonds. The highest BCUT2D eigenvalue weighted by molar-refractivity contribution is 5.76. The van der Waals surface area contributed by atoms with Gasteiger partial charge >= 0.3 is 37.0 Å². The van der Waals surface area contributed by atoms with Crippen LogP contribution in [0.2, 0.25) is 0 Å². The molecule has 244 valence electrons. The Morgan fingerprint density at radius 1 is 0.822 bits per heavy atom. The Morgan fingerprint density at radius 3 is 2.04 bits per heavy atom. The number of carbonyl (C=O) groups is 1. The smallest absolute Gasteiger partial charge is 0.428 e. The monoisotopic (exact) mass is 662 g/mol. The SMILES string of the molecule is O=C(NCC(F)(F)F)NC(Cc1ccccc1)(c1cc(F)cc(OC(F)(F)C(F)F)c1)c1ccc2c(c1)OC(F)(F)C(F)(F)O2. The van der Waals surface area contributed by atoms with E-state index in [0.717, 1.165) is 6.07 Å². The summed E-state index contributed by atoms with van der Waals surface area (Å²) in [6.07, 6.45) is -25.5. The lowest BCUT2D eigenvalue weighted by Crippen LogP contribution is -2.54. The Morgan fingerprint density at radius 2 is 1.44 bits per heavy atom. The highest BCUT2D eigenvalue weighted by atomic mass is 19.4. The van der Waals surface area contributed by atoms with E-state index in [2.05, 4.69) is 19.5 Å². The maximum absolute atomic E-state index is 14.9. The average molecular weight is 662 g/mol. The van der Waals surface area contributed by atoms with Gasteiger partial charge in [-0.15, -0.1) is 0 Å². The molecular weight excluding hydrogens is 644 g/mol. The lowest BCUT2D eigenvalue weighted by atomic mass is 9.77. The standard InChI is InChI=1S/C27H18F12N2O4/c28-17-8-16(9-18(11-17)43-25(34,35)21(29)30)23(12-14-4-2-1-3-5-14,41-22(42)40-13-24(31,32)33)15-6-7-19-20(10-15)45-27(38,39)26(36,37)44-19/h1-11,21H,12-13H2,(H2,40,41,42). The Kier molecular flexibility index (Phi) is 8.73. The quantitative estimate of drug-likeness (QED) is 0.235. The molecule has 0 aliphatic carbocycles. The number of urea groups is 1. The number of ether oxygens (including phenoxy) is 3. The van der Waals surface area contributed by atoms with Crippen LogP contribution in [0.25, 0.3) is 0 Å². The van der Waals surface area contributed by atoms with Gasteiger partial charge in [0.2, 0.25) is 0 Å². The predicted octanol–water partition coefficient (Wildman–Crippen LogP) is 7.37. The van der Waals surface area contributed by atoms with Gasteiger partial charge in [-0.2, -0.15) is 48.3 Å². The van der Waals surface area contributed by atoms with Gasteiger partial charge in [0.05, 0.1) is 5.54 Å². The molecule has 18 heteroatoms. The zero-order chi connectivity index (χ0) is 33.4. The molecule has 1 heterocycles. The summed E-state index contributed by atoms with van der Waals surface area (Å²) in [4.78, 5) is 12.9. The molecule has 0 spiro atoms. The van der Waals surface area contributed by atoms with Crippen LogP contribution in [-0.4, -0.2) is 43.5 Å². The summed E-state index contributed by atoms with van der Waals surface area (Å²) in [7, 11) is 0. The number of benzene rings is 3. The topological polar surface area (TPSA) is 68.8 Å². The number of fused-ring (bicyclic) bond motifs is 1. The molecule has 1 aliphatic heterocycles. The van der Waals surface area contributed by atoms with Crippen molar-refractivity contribution in [1.29, 1.82) is 0 Å². The number of alkyl halides is 11. The third-order valence-electron chi connectivity index (χ3n) is 6.21. The van der Waals surface area contributed by atoms with Crippen LogP contribution in [0.5, 0.6) is 17.2 Å². The summed E-state index contributed by atoms with van der Waals surface area (Å²) in [6, 6.07) is 9.01. The summed E-state index contributed by atoms with van der Waals surface area (Å²) < 4.78 is 174. The molecular formula is C27H18F12N2O4. The predicted molar refractivity (Wildman–Crippen MR) is 129 cm³/mol. The van der Waals surface area contributed by atoms with E-state index in [1.54, 1.807) is 0 Å². The van der Waals surface area contributed by atoms with E-state index < -0.39 is 89.7 Å². The van der Waals surface area contributed by atoms with Crippen molar-refractivity contribution in [3.05, 3.63) is 89.2 Å². The average Bonchev–Trinajstić information content (AvgIpc) is 2.91. The molecule has 4 rings (SSSR count). The van der Waals surface area contributed by atoms with Gasteiger partial charge in [-0.25, -0.2) is 9.18 Å². The second-order valence-electron chi connectivity index (χ2n) is 9.53. The highest BCUT2D eigenvalue weighted by Crippen LogP contribution is 2.49. The second kappa shape index (κ2) is 11.8. The number of nitrogens with one attached hydrogen (secondary N) is 2. The molecule has 2 N–H and O–H groups in total. The first-order valence-electron chi connectivity index (χ1n) is 12.3.